The summed E-state index contributed by atoms with van der Waals surface area (Å²) in [5.41, 5.74) is 2.57. The van der Waals surface area contributed by atoms with Crippen LogP contribution in [0.25, 0.3) is 0 Å². The molecule has 7 nitrogen and oxygen atoms in total. The molecule has 0 heterocycles. The number of nitro groups is 1. The first-order chi connectivity index (χ1) is 9.52. The normalized spacial score (nSPS) is 16.1. The van der Waals surface area contributed by atoms with Crippen LogP contribution >= 0.6 is 0 Å². The summed E-state index contributed by atoms with van der Waals surface area (Å²) in [6, 6.07) is 4.21. The lowest BCUT2D eigenvalue weighted by Crippen LogP contribution is -2.40. The fourth-order valence-electron chi connectivity index (χ4n) is 2.30. The third kappa shape index (κ3) is 2.88. The van der Waals surface area contributed by atoms with E-state index in [1.54, 1.807) is 0 Å². The number of nitrogens with one attached hydrogen (secondary N) is 2. The number of carbonyl (C=O) groups excluding carboxylic acids is 1. The molecule has 1 aliphatic rings. The largest absolute Gasteiger partial charge is 0.349 e. The fraction of sp³-hybridized carbons (Fsp3) is 0.462. The van der Waals surface area contributed by atoms with E-state index in [4.69, 9.17) is 5.84 Å². The number of hydrogen-bond acceptors (Lipinski definition) is 5. The van der Waals surface area contributed by atoms with Gasteiger partial charge in [0.05, 0.1) is 4.92 Å². The molecule has 1 aromatic rings. The number of nitro benzene ring substituents is 1. The lowest BCUT2D eigenvalue weighted by molar-refractivity contribution is -0.384. The molecule has 1 atom stereocenters. The first-order valence-electron chi connectivity index (χ1n) is 6.59. The Hall–Kier alpha value is -2.15. The summed E-state index contributed by atoms with van der Waals surface area (Å²) in [4.78, 5) is 22.3. The van der Waals surface area contributed by atoms with Gasteiger partial charge in [-0.1, -0.05) is 6.42 Å². The molecule has 20 heavy (non-hydrogen) atoms. The third-order valence-electron chi connectivity index (χ3n) is 3.83. The van der Waals surface area contributed by atoms with E-state index in [2.05, 4.69) is 10.7 Å². The van der Waals surface area contributed by atoms with Crippen LogP contribution in [0.1, 0.15) is 36.5 Å². The van der Waals surface area contributed by atoms with Crippen molar-refractivity contribution >= 4 is 17.3 Å². The fourth-order valence-corrected chi connectivity index (χ4v) is 2.30. The summed E-state index contributed by atoms with van der Waals surface area (Å²) in [7, 11) is 0. The Balaban J connectivity index is 2.11. The highest BCUT2D eigenvalue weighted by atomic mass is 16.6. The van der Waals surface area contributed by atoms with Crippen molar-refractivity contribution in [1.82, 2.24) is 5.32 Å². The molecule has 4 N–H and O–H groups in total. The van der Waals surface area contributed by atoms with E-state index in [1.165, 1.54) is 24.6 Å². The number of carbonyl (C=O) groups is 1. The minimum atomic E-state index is -0.548. The van der Waals surface area contributed by atoms with Gasteiger partial charge in [-0.2, -0.15) is 0 Å². The molecule has 0 spiro atoms. The van der Waals surface area contributed by atoms with Crippen LogP contribution in [-0.2, 0) is 0 Å². The zero-order valence-electron chi connectivity index (χ0n) is 11.3. The Labute approximate surface area is 116 Å². The number of nitrogens with two attached hydrogens (primary N) is 1. The van der Waals surface area contributed by atoms with Crippen molar-refractivity contribution in [3.63, 3.8) is 0 Å². The molecule has 0 aliphatic heterocycles. The van der Waals surface area contributed by atoms with E-state index in [0.717, 1.165) is 12.8 Å². The quantitative estimate of drug-likeness (QED) is 0.432. The molecule has 0 aromatic heterocycles. The van der Waals surface area contributed by atoms with Crippen LogP contribution in [-0.4, -0.2) is 16.9 Å². The molecule has 0 radical (unpaired) electrons. The minimum absolute atomic E-state index is 0.112. The number of nitrogens with zero attached hydrogens (tertiary/aromatic N) is 1. The average molecular weight is 278 g/mol. The molecule has 1 fully saturated rings. The van der Waals surface area contributed by atoms with Crippen LogP contribution < -0.4 is 16.6 Å². The number of hydrogen-bond donors (Lipinski definition) is 3. The maximum Gasteiger partial charge on any atom is 0.293 e. The second kappa shape index (κ2) is 5.87. The zero-order valence-corrected chi connectivity index (χ0v) is 11.3. The van der Waals surface area contributed by atoms with Gasteiger partial charge in [-0.05, 0) is 37.8 Å². The Morgan fingerprint density at radius 3 is 2.70 bits per heavy atom. The SMILES string of the molecule is CC(NC(=O)c1ccc([N+](=O)[O-])c(NN)c1)C1CCC1. The van der Waals surface area contributed by atoms with Crippen LogP contribution in [0.3, 0.4) is 0 Å². The van der Waals surface area contributed by atoms with Gasteiger partial charge in [0, 0.05) is 17.7 Å². The van der Waals surface area contributed by atoms with Crippen LogP contribution in [0.2, 0.25) is 0 Å². The van der Waals surface area contributed by atoms with Gasteiger partial charge in [0.1, 0.15) is 5.69 Å². The van der Waals surface area contributed by atoms with E-state index >= 15 is 0 Å². The predicted octanol–water partition coefficient (Wildman–Crippen LogP) is 1.80. The molecule has 1 aliphatic carbocycles. The van der Waals surface area contributed by atoms with Crippen molar-refractivity contribution < 1.29 is 9.72 Å². The van der Waals surface area contributed by atoms with Gasteiger partial charge in [0.15, 0.2) is 0 Å². The Morgan fingerprint density at radius 2 is 2.20 bits per heavy atom. The summed E-state index contributed by atoms with van der Waals surface area (Å²) in [6.45, 7) is 1.98. The molecular formula is C13H18N4O3. The highest BCUT2D eigenvalue weighted by molar-refractivity contribution is 5.96. The van der Waals surface area contributed by atoms with Crippen molar-refractivity contribution in [2.75, 3.05) is 5.43 Å². The number of hydrazine groups is 1. The average Bonchev–Trinajstić information content (AvgIpc) is 2.35. The first-order valence-corrected chi connectivity index (χ1v) is 6.59. The van der Waals surface area contributed by atoms with Gasteiger partial charge in [0.25, 0.3) is 11.6 Å². The number of amides is 1. The van der Waals surface area contributed by atoms with E-state index in [0.29, 0.717) is 11.5 Å². The lowest BCUT2D eigenvalue weighted by atomic mass is 9.80. The summed E-state index contributed by atoms with van der Waals surface area (Å²) in [6.07, 6.45) is 3.48. The van der Waals surface area contributed by atoms with E-state index < -0.39 is 4.92 Å². The summed E-state index contributed by atoms with van der Waals surface area (Å²) < 4.78 is 0. The van der Waals surface area contributed by atoms with Crippen LogP contribution in [0.4, 0.5) is 11.4 Å². The lowest BCUT2D eigenvalue weighted by Gasteiger charge is -2.31. The monoisotopic (exact) mass is 278 g/mol. The van der Waals surface area contributed by atoms with Gasteiger partial charge in [0.2, 0.25) is 0 Å². The van der Waals surface area contributed by atoms with Crippen LogP contribution in [0, 0.1) is 16.0 Å². The summed E-state index contributed by atoms with van der Waals surface area (Å²) >= 11 is 0. The highest BCUT2D eigenvalue weighted by Gasteiger charge is 2.25. The van der Waals surface area contributed by atoms with Crippen molar-refractivity contribution in [2.24, 2.45) is 11.8 Å². The van der Waals surface area contributed by atoms with Crippen LogP contribution in [0.5, 0.6) is 0 Å². The van der Waals surface area contributed by atoms with Crippen molar-refractivity contribution in [3.05, 3.63) is 33.9 Å². The molecule has 1 unspecified atom stereocenters. The predicted molar refractivity (Wildman–Crippen MR) is 75.2 cm³/mol. The number of benzene rings is 1. The molecule has 7 heteroatoms. The molecule has 1 aromatic carbocycles. The molecule has 1 amide bonds. The minimum Gasteiger partial charge on any atom is -0.349 e. The van der Waals surface area contributed by atoms with Crippen molar-refractivity contribution in [2.45, 2.75) is 32.2 Å². The molecule has 2 rings (SSSR count). The zero-order chi connectivity index (χ0) is 14.7. The first kappa shape index (κ1) is 14.3. The molecule has 0 saturated heterocycles. The molecular weight excluding hydrogens is 260 g/mol. The van der Waals surface area contributed by atoms with E-state index in [-0.39, 0.29) is 23.3 Å². The standard InChI is InChI=1S/C13H18N4O3/c1-8(9-3-2-4-9)15-13(18)10-5-6-12(17(19)20)11(7-10)16-14/h5-9,16H,2-4,14H2,1H3,(H,15,18). The van der Waals surface area contributed by atoms with E-state index in [9.17, 15) is 14.9 Å². The number of nitrogen functional groups attached to an aromatic ring is 1. The van der Waals surface area contributed by atoms with Crippen LogP contribution in [0.15, 0.2) is 18.2 Å². The Morgan fingerprint density at radius 1 is 1.50 bits per heavy atom. The number of rotatable bonds is 5. The maximum atomic E-state index is 12.1. The topological polar surface area (TPSA) is 110 Å². The highest BCUT2D eigenvalue weighted by Crippen LogP contribution is 2.30. The summed E-state index contributed by atoms with van der Waals surface area (Å²) in [5.74, 6) is 5.54. The third-order valence-corrected chi connectivity index (χ3v) is 3.83. The smallest absolute Gasteiger partial charge is 0.293 e. The molecule has 0 bridgehead atoms. The van der Waals surface area contributed by atoms with Gasteiger partial charge >= 0.3 is 0 Å². The Kier molecular flexibility index (Phi) is 4.19. The van der Waals surface area contributed by atoms with E-state index in [1.807, 2.05) is 6.92 Å². The number of anilines is 1. The second-order valence-corrected chi connectivity index (χ2v) is 5.09. The molecule has 1 saturated carbocycles. The van der Waals surface area contributed by atoms with Crippen molar-refractivity contribution in [1.29, 1.82) is 0 Å². The summed E-state index contributed by atoms with van der Waals surface area (Å²) in [5, 5.41) is 13.7. The van der Waals surface area contributed by atoms with Gasteiger partial charge < -0.3 is 10.7 Å². The second-order valence-electron chi connectivity index (χ2n) is 5.09. The Bertz CT molecular complexity index is 528. The van der Waals surface area contributed by atoms with Gasteiger partial charge in [-0.3, -0.25) is 20.8 Å². The van der Waals surface area contributed by atoms with Gasteiger partial charge in [-0.25, -0.2) is 0 Å². The molecule has 108 valence electrons. The van der Waals surface area contributed by atoms with Gasteiger partial charge in [-0.15, -0.1) is 0 Å². The van der Waals surface area contributed by atoms with Crippen molar-refractivity contribution in [3.8, 4) is 0 Å². The maximum absolute atomic E-state index is 12.1.